The van der Waals surface area contributed by atoms with Gasteiger partial charge in [0.05, 0.1) is 31.0 Å². The minimum Gasteiger partial charge on any atom is -0.394 e. The molecule has 3 aliphatic rings. The van der Waals surface area contributed by atoms with E-state index >= 15 is 0 Å². The molecule has 3 aromatic carbocycles. The van der Waals surface area contributed by atoms with Crippen LogP contribution in [0.5, 0.6) is 0 Å². The maximum absolute atomic E-state index is 13.4. The number of anilines is 1. The lowest BCUT2D eigenvalue weighted by Gasteiger charge is -2.44. The average molecular weight is 941 g/mol. The maximum Gasteiger partial charge on any atom is 0.260 e. The summed E-state index contributed by atoms with van der Waals surface area (Å²) in [6, 6.07) is 18.4. The van der Waals surface area contributed by atoms with Gasteiger partial charge in [0.2, 0.25) is 35.4 Å². The van der Waals surface area contributed by atoms with E-state index in [9.17, 15) is 43.8 Å². The number of nitrogens with zero attached hydrogens (tertiary/aromatic N) is 2. The monoisotopic (exact) mass is 940 g/mol. The Balaban J connectivity index is 0.896. The van der Waals surface area contributed by atoms with E-state index < -0.39 is 85.5 Å². The van der Waals surface area contributed by atoms with E-state index in [0.29, 0.717) is 49.4 Å². The van der Waals surface area contributed by atoms with Gasteiger partial charge in [-0.25, -0.2) is 4.99 Å². The predicted molar refractivity (Wildman–Crippen MR) is 247 cm³/mol. The van der Waals surface area contributed by atoms with E-state index in [4.69, 9.17) is 24.9 Å². The van der Waals surface area contributed by atoms with Crippen molar-refractivity contribution in [2.75, 3.05) is 25.1 Å². The lowest BCUT2D eigenvalue weighted by atomic mass is 9.96. The number of primary amides is 1. The van der Waals surface area contributed by atoms with Crippen LogP contribution in [0.25, 0.3) is 0 Å². The van der Waals surface area contributed by atoms with Crippen molar-refractivity contribution in [1.29, 1.82) is 0 Å². The molecule has 3 aliphatic heterocycles. The van der Waals surface area contributed by atoms with Crippen LogP contribution < -0.4 is 32.3 Å². The summed E-state index contributed by atoms with van der Waals surface area (Å²) in [6.07, 6.45) is -3.31. The second-order valence-corrected chi connectivity index (χ2v) is 17.2. The van der Waals surface area contributed by atoms with Crippen LogP contribution in [0.2, 0.25) is 0 Å². The molecule has 0 aliphatic carbocycles. The van der Waals surface area contributed by atoms with Crippen LogP contribution in [0.1, 0.15) is 86.3 Å². The number of benzene rings is 3. The van der Waals surface area contributed by atoms with Gasteiger partial charge in [-0.2, -0.15) is 0 Å². The quantitative estimate of drug-likeness (QED) is 0.0627. The zero-order valence-electron chi connectivity index (χ0n) is 38.3. The lowest BCUT2D eigenvalue weighted by molar-refractivity contribution is -0.279. The number of carbonyl (C=O) groups is 7. The highest BCUT2D eigenvalue weighted by molar-refractivity contribution is 6.24. The highest BCUT2D eigenvalue weighted by Gasteiger charge is 2.47. The second-order valence-electron chi connectivity index (χ2n) is 17.2. The van der Waals surface area contributed by atoms with E-state index in [1.54, 1.807) is 30.9 Å². The zero-order chi connectivity index (χ0) is 48.9. The Morgan fingerprint density at radius 2 is 1.63 bits per heavy atom. The fourth-order valence-electron chi connectivity index (χ4n) is 8.12. The third-order valence-corrected chi connectivity index (χ3v) is 11.7. The van der Waals surface area contributed by atoms with Crippen molar-refractivity contribution in [2.24, 2.45) is 16.6 Å². The fourth-order valence-corrected chi connectivity index (χ4v) is 8.12. The number of carbonyl (C=O) groups excluding carboxylic acids is 7. The van der Waals surface area contributed by atoms with E-state index in [1.165, 1.54) is 6.92 Å². The predicted octanol–water partition coefficient (Wildman–Crippen LogP) is 1.43. The summed E-state index contributed by atoms with van der Waals surface area (Å²) in [7, 11) is 0. The number of fused-ring (bicyclic) bond motifs is 4. The first-order valence-electron chi connectivity index (χ1n) is 22.7. The molecule has 20 nitrogen and oxygen atoms in total. The van der Waals surface area contributed by atoms with E-state index in [-0.39, 0.29) is 43.6 Å². The van der Waals surface area contributed by atoms with Gasteiger partial charge >= 0.3 is 0 Å². The number of ether oxygens (including phenoxy) is 3. The summed E-state index contributed by atoms with van der Waals surface area (Å²) in [4.78, 5) is 95.9. The zero-order valence-corrected chi connectivity index (χ0v) is 38.3. The minimum absolute atomic E-state index is 0.0633. The summed E-state index contributed by atoms with van der Waals surface area (Å²) in [5, 5.41) is 34.4. The van der Waals surface area contributed by atoms with Gasteiger partial charge in [-0.1, -0.05) is 68.8 Å². The molecule has 0 radical (unpaired) electrons. The molecule has 20 heteroatoms. The van der Waals surface area contributed by atoms with Crippen LogP contribution in [0.4, 0.5) is 11.4 Å². The molecule has 9 N–H and O–H groups in total. The molecule has 0 bridgehead atoms. The number of nitrogens with two attached hydrogens (primary N) is 1. The number of aliphatic hydroxyl groups excluding tert-OH is 2. The van der Waals surface area contributed by atoms with Crippen LogP contribution in [0, 0.1) is 5.92 Å². The normalized spacial score (nSPS) is 20.2. The molecule has 7 unspecified atom stereocenters. The molecule has 0 spiro atoms. The fraction of sp³-hybridized carbons (Fsp3) is 0.458. The number of unbranched alkanes of at least 4 members (excludes halogenated alkanes) is 2. The smallest absolute Gasteiger partial charge is 0.260 e. The molecule has 0 aromatic heterocycles. The van der Waals surface area contributed by atoms with Crippen molar-refractivity contribution in [1.82, 2.24) is 26.2 Å². The molecule has 0 saturated carbocycles. The van der Waals surface area contributed by atoms with Gasteiger partial charge in [0.25, 0.3) is 5.91 Å². The van der Waals surface area contributed by atoms with Gasteiger partial charge < -0.3 is 56.7 Å². The van der Waals surface area contributed by atoms with Crippen molar-refractivity contribution in [2.45, 2.75) is 115 Å². The summed E-state index contributed by atoms with van der Waals surface area (Å²) in [5.41, 5.74) is 9.98. The Hall–Kier alpha value is -6.58. The first kappa shape index (κ1) is 50.8. The Morgan fingerprint density at radius 3 is 2.34 bits per heavy atom. The molecule has 68 heavy (non-hydrogen) atoms. The summed E-state index contributed by atoms with van der Waals surface area (Å²) in [5.74, 6) is -3.39. The maximum atomic E-state index is 13.4. The number of rotatable bonds is 23. The van der Waals surface area contributed by atoms with Gasteiger partial charge in [0.15, 0.2) is 6.29 Å². The summed E-state index contributed by atoms with van der Waals surface area (Å²) in [6.45, 7) is 4.01. The van der Waals surface area contributed by atoms with E-state index in [0.717, 1.165) is 22.4 Å². The van der Waals surface area contributed by atoms with E-state index in [1.807, 2.05) is 60.7 Å². The van der Waals surface area contributed by atoms with Crippen molar-refractivity contribution < 1.29 is 58.0 Å². The van der Waals surface area contributed by atoms with Crippen molar-refractivity contribution >= 4 is 58.6 Å². The van der Waals surface area contributed by atoms with E-state index in [2.05, 4.69) is 26.6 Å². The number of aliphatic imine (C=N–C) groups is 1. The standard InChI is InChI=1S/C48H60N8O12/c1-27(2)40(55-39(61)26-66-43-41(51-28(3)58)48(68-36(24-57)42(43)62)67-25-29-12-6-4-7-13-29)46(64)54-35(44(49)63)19-20-37(59)50-21-11-5-8-16-38(60)52-31-17-18-34-30(22-31)23-56-45(53-34)32-14-9-10-15-33(32)47(56)65/h4,6-7,9-10,12-15,17-18,22,27,35-36,40-43,48,57,62H,5,8,11,16,19-21,23-26H2,1-3H3,(H2,49,63)(H,50,59)(H,51,58)(H,52,60)(H,54,64)(H,55,61). The number of nitrogens with one attached hydrogen (secondary N) is 5. The Labute approximate surface area is 393 Å². The molecule has 6 rings (SSSR count). The third kappa shape index (κ3) is 13.3. The number of hydrogen-bond donors (Lipinski definition) is 8. The van der Waals surface area contributed by atoms with Gasteiger partial charge in [-0.05, 0) is 60.6 Å². The molecule has 1 saturated heterocycles. The van der Waals surface area contributed by atoms with Gasteiger partial charge in [-0.3, -0.25) is 38.5 Å². The van der Waals surface area contributed by atoms with Crippen LogP contribution in [-0.4, -0.2) is 125 Å². The van der Waals surface area contributed by atoms with Gasteiger partial charge in [0, 0.05) is 37.6 Å². The highest BCUT2D eigenvalue weighted by Crippen LogP contribution is 2.35. The number of hydrogen-bond acceptors (Lipinski definition) is 13. The molecular formula is C48H60N8O12. The van der Waals surface area contributed by atoms with Gasteiger partial charge in [0.1, 0.15) is 48.9 Å². The van der Waals surface area contributed by atoms with Crippen LogP contribution in [-0.2, 0) is 56.1 Å². The molecular weight excluding hydrogens is 881 g/mol. The summed E-state index contributed by atoms with van der Waals surface area (Å²) >= 11 is 0. The lowest BCUT2D eigenvalue weighted by Crippen LogP contribution is -2.65. The Kier molecular flexibility index (Phi) is 17.9. The first-order chi connectivity index (χ1) is 32.6. The van der Waals surface area contributed by atoms with Crippen LogP contribution in [0.15, 0.2) is 77.8 Å². The second kappa shape index (κ2) is 23.9. The number of amides is 7. The number of amidine groups is 1. The van der Waals surface area contributed by atoms with Gasteiger partial charge in [-0.15, -0.1) is 0 Å². The van der Waals surface area contributed by atoms with Crippen molar-refractivity contribution in [3.63, 3.8) is 0 Å². The van der Waals surface area contributed by atoms with Crippen LogP contribution in [0.3, 0.4) is 0 Å². The Bertz CT molecular complexity index is 2350. The highest BCUT2D eigenvalue weighted by atomic mass is 16.7. The Morgan fingerprint density at radius 1 is 0.897 bits per heavy atom. The average Bonchev–Trinajstić information content (AvgIpc) is 3.58. The largest absolute Gasteiger partial charge is 0.394 e. The molecule has 7 atom stereocenters. The van der Waals surface area contributed by atoms with Crippen LogP contribution >= 0.6 is 0 Å². The molecule has 1 fully saturated rings. The SMILES string of the molecule is CC(=O)NC1C(OCc2ccccc2)OC(CO)C(O)C1OCC(=O)NC(C(=O)NC(CCC(=O)NCCCCCC(=O)Nc1ccc2c(c1)CN1C(=O)c3ccccc3C1=N2)C(N)=O)C(C)C. The molecule has 3 heterocycles. The topological polar surface area (TPSA) is 289 Å². The number of aliphatic hydroxyl groups is 2. The minimum atomic E-state index is -1.49. The molecule has 7 amide bonds. The van der Waals surface area contributed by atoms with Crippen molar-refractivity contribution in [3.8, 4) is 0 Å². The molecule has 3 aromatic rings. The molecule has 364 valence electrons. The summed E-state index contributed by atoms with van der Waals surface area (Å²) < 4.78 is 17.5. The van der Waals surface area contributed by atoms with Crippen molar-refractivity contribution in [3.05, 3.63) is 95.1 Å². The third-order valence-electron chi connectivity index (χ3n) is 11.7. The first-order valence-corrected chi connectivity index (χ1v) is 22.7.